The lowest BCUT2D eigenvalue weighted by molar-refractivity contribution is -0.180. The smallest absolute Gasteiger partial charge is 0.261 e. The van der Waals surface area contributed by atoms with Crippen molar-refractivity contribution in [1.82, 2.24) is 29.8 Å². The van der Waals surface area contributed by atoms with Crippen molar-refractivity contribution in [2.75, 3.05) is 68.8 Å². The van der Waals surface area contributed by atoms with Crippen LogP contribution in [-0.2, 0) is 19.2 Å². The van der Waals surface area contributed by atoms with Gasteiger partial charge in [0, 0.05) is 61.8 Å². The summed E-state index contributed by atoms with van der Waals surface area (Å²) in [7, 11) is 0. The average Bonchev–Trinajstić information content (AvgIpc) is 2.81. The van der Waals surface area contributed by atoms with Gasteiger partial charge in [-0.3, -0.25) is 29.0 Å². The molecule has 0 radical (unpaired) electrons. The lowest BCUT2D eigenvalue weighted by atomic mass is 10.1. The van der Waals surface area contributed by atoms with Crippen LogP contribution in [0.25, 0.3) is 0 Å². The van der Waals surface area contributed by atoms with Gasteiger partial charge in [-0.2, -0.15) is 23.5 Å². The van der Waals surface area contributed by atoms with Crippen LogP contribution in [0.15, 0.2) is 0 Å². The van der Waals surface area contributed by atoms with Gasteiger partial charge in [0.2, 0.25) is 0 Å². The van der Waals surface area contributed by atoms with E-state index in [-0.39, 0.29) is 42.8 Å². The molecule has 33 heavy (non-hydrogen) atoms. The molecule has 12 heteroatoms. The first-order valence-electron chi connectivity index (χ1n) is 11.7. The maximum absolute atomic E-state index is 13.1. The summed E-state index contributed by atoms with van der Waals surface area (Å²) in [5.41, 5.74) is 0. The number of amides is 4. The van der Waals surface area contributed by atoms with Gasteiger partial charge in [0.05, 0.1) is 25.2 Å². The summed E-state index contributed by atoms with van der Waals surface area (Å²) < 4.78 is 0. The Hall–Kier alpha value is -1.18. The van der Waals surface area contributed by atoms with Gasteiger partial charge in [0.1, 0.15) is 0 Å². The fraction of sp³-hybridized carbons (Fsp3) is 0.810. The number of hydrogen-bond acceptors (Lipinski definition) is 10. The molecule has 0 aliphatic carbocycles. The highest BCUT2D eigenvalue weighted by Gasteiger charge is 2.45. The predicted octanol–water partition coefficient (Wildman–Crippen LogP) is -0.579. The second-order valence-corrected chi connectivity index (χ2v) is 11.5. The van der Waals surface area contributed by atoms with Gasteiger partial charge in [-0.1, -0.05) is 0 Å². The molecule has 0 bridgehead atoms. The zero-order chi connectivity index (χ0) is 23.7. The number of carbonyl (C=O) groups excluding carboxylic acids is 4. The molecule has 4 fully saturated rings. The number of nitrogens with zero attached hydrogens (tertiary/aromatic N) is 6. The van der Waals surface area contributed by atoms with Crippen LogP contribution in [-0.4, -0.2) is 140 Å². The summed E-state index contributed by atoms with van der Waals surface area (Å²) in [5, 5.41) is 6.43. The van der Waals surface area contributed by atoms with E-state index in [2.05, 4.69) is 0 Å². The molecule has 0 aromatic carbocycles. The highest BCUT2D eigenvalue weighted by Crippen LogP contribution is 2.23. The molecule has 0 N–H and O–H groups in total. The largest absolute Gasteiger partial charge is 0.281 e. The highest BCUT2D eigenvalue weighted by molar-refractivity contribution is 7.99. The Morgan fingerprint density at radius 3 is 1.73 bits per heavy atom. The predicted molar refractivity (Wildman–Crippen MR) is 128 cm³/mol. The minimum absolute atomic E-state index is 0.152. The van der Waals surface area contributed by atoms with Crippen molar-refractivity contribution < 1.29 is 19.2 Å². The van der Waals surface area contributed by atoms with Gasteiger partial charge in [-0.25, -0.2) is 20.0 Å². The third kappa shape index (κ3) is 5.10. The quantitative estimate of drug-likeness (QED) is 0.459. The number of piperazine rings is 2. The van der Waals surface area contributed by atoms with E-state index in [4.69, 9.17) is 0 Å². The van der Waals surface area contributed by atoms with E-state index in [0.29, 0.717) is 32.7 Å². The number of imide groups is 2. The Kier molecular flexibility index (Phi) is 8.02. The standard InChI is InChI=1S/C21H34N6O4S2/c1-15(25-14-19(29)27(21(31)17(25)3)24-6-10-33-11-7-24)12-22-13-18(28)26(20(30)16(22)2)23-4-8-32-9-5-23/h15-17H,4-14H2,1-3H3. The fourth-order valence-electron chi connectivity index (χ4n) is 4.94. The summed E-state index contributed by atoms with van der Waals surface area (Å²) in [6.07, 6.45) is 0. The lowest BCUT2D eigenvalue weighted by Gasteiger charge is -2.47. The van der Waals surface area contributed by atoms with E-state index in [0.717, 1.165) is 23.0 Å². The third-order valence-electron chi connectivity index (χ3n) is 6.91. The van der Waals surface area contributed by atoms with Crippen LogP contribution in [0.2, 0.25) is 0 Å². The molecule has 0 saturated carbocycles. The molecule has 0 aromatic heterocycles. The van der Waals surface area contributed by atoms with E-state index in [1.165, 1.54) is 10.0 Å². The normalized spacial score (nSPS) is 30.9. The van der Waals surface area contributed by atoms with Crippen LogP contribution in [0.1, 0.15) is 20.8 Å². The minimum atomic E-state index is -0.443. The monoisotopic (exact) mass is 498 g/mol. The molecule has 4 saturated heterocycles. The molecule has 0 aromatic rings. The Balaban J connectivity index is 1.39. The average molecular weight is 499 g/mol. The third-order valence-corrected chi connectivity index (χ3v) is 8.80. The molecular weight excluding hydrogens is 464 g/mol. The molecule has 10 nitrogen and oxygen atoms in total. The van der Waals surface area contributed by atoms with Crippen molar-refractivity contribution in [3.8, 4) is 0 Å². The van der Waals surface area contributed by atoms with Crippen LogP contribution < -0.4 is 0 Å². The van der Waals surface area contributed by atoms with Crippen LogP contribution >= 0.6 is 23.5 Å². The topological polar surface area (TPSA) is 87.7 Å². The van der Waals surface area contributed by atoms with E-state index in [1.807, 2.05) is 64.1 Å². The molecule has 3 atom stereocenters. The molecule has 4 aliphatic heterocycles. The summed E-state index contributed by atoms with van der Waals surface area (Å²) in [5.74, 6) is 2.84. The summed E-state index contributed by atoms with van der Waals surface area (Å²) in [6.45, 7) is 9.18. The van der Waals surface area contributed by atoms with Crippen LogP contribution in [0.5, 0.6) is 0 Å². The fourth-order valence-corrected chi connectivity index (χ4v) is 6.71. The maximum Gasteiger partial charge on any atom is 0.261 e. The molecule has 4 heterocycles. The number of hydrogen-bond donors (Lipinski definition) is 0. The second-order valence-electron chi connectivity index (χ2n) is 9.02. The summed E-state index contributed by atoms with van der Waals surface area (Å²) in [4.78, 5) is 55.8. The van der Waals surface area contributed by atoms with Crippen molar-refractivity contribution >= 4 is 47.2 Å². The van der Waals surface area contributed by atoms with Gasteiger partial charge in [-0.15, -0.1) is 0 Å². The van der Waals surface area contributed by atoms with Crippen LogP contribution in [0, 0.1) is 0 Å². The molecule has 4 aliphatic rings. The minimum Gasteiger partial charge on any atom is -0.281 e. The first-order chi connectivity index (χ1) is 15.8. The molecule has 4 rings (SSSR count). The highest BCUT2D eigenvalue weighted by atomic mass is 32.2. The van der Waals surface area contributed by atoms with Crippen molar-refractivity contribution in [3.63, 3.8) is 0 Å². The van der Waals surface area contributed by atoms with E-state index in [9.17, 15) is 19.2 Å². The first-order valence-corrected chi connectivity index (χ1v) is 14.0. The number of hydrazine groups is 2. The number of carbonyl (C=O) groups is 4. The summed E-state index contributed by atoms with van der Waals surface area (Å²) >= 11 is 3.66. The SMILES string of the molecule is CC1C(=O)N(N2CCSCC2)C(=O)CN1CC(C)N1CC(=O)N(N2CCSCC2)C(=O)C1C. The second kappa shape index (κ2) is 10.6. The maximum atomic E-state index is 13.1. The van der Waals surface area contributed by atoms with E-state index >= 15 is 0 Å². The van der Waals surface area contributed by atoms with Gasteiger partial charge in [-0.05, 0) is 20.8 Å². The Morgan fingerprint density at radius 2 is 1.21 bits per heavy atom. The lowest BCUT2D eigenvalue weighted by Crippen LogP contribution is -2.68. The molecule has 4 amide bonds. The Morgan fingerprint density at radius 1 is 0.758 bits per heavy atom. The van der Waals surface area contributed by atoms with Crippen LogP contribution in [0.4, 0.5) is 0 Å². The zero-order valence-corrected chi connectivity index (χ0v) is 21.3. The van der Waals surface area contributed by atoms with Crippen molar-refractivity contribution in [1.29, 1.82) is 0 Å². The van der Waals surface area contributed by atoms with Gasteiger partial charge in [0.25, 0.3) is 23.6 Å². The number of thioether (sulfide) groups is 2. The first kappa shape index (κ1) is 24.9. The molecule has 3 unspecified atom stereocenters. The Bertz CT molecular complexity index is 789. The van der Waals surface area contributed by atoms with Crippen molar-refractivity contribution in [2.24, 2.45) is 0 Å². The Labute approximate surface area is 203 Å². The van der Waals surface area contributed by atoms with E-state index < -0.39 is 12.1 Å². The van der Waals surface area contributed by atoms with Gasteiger partial charge < -0.3 is 0 Å². The van der Waals surface area contributed by atoms with Crippen molar-refractivity contribution in [2.45, 2.75) is 38.9 Å². The number of rotatable bonds is 5. The van der Waals surface area contributed by atoms with E-state index in [1.54, 1.807) is 0 Å². The summed E-state index contributed by atoms with van der Waals surface area (Å²) in [6, 6.07) is -1.04. The van der Waals surface area contributed by atoms with Crippen molar-refractivity contribution in [3.05, 3.63) is 0 Å². The van der Waals surface area contributed by atoms with Crippen LogP contribution in [0.3, 0.4) is 0 Å². The van der Waals surface area contributed by atoms with Gasteiger partial charge in [0.15, 0.2) is 0 Å². The molecular formula is C21H34N6O4S2. The zero-order valence-electron chi connectivity index (χ0n) is 19.6. The molecule has 184 valence electrons. The van der Waals surface area contributed by atoms with Gasteiger partial charge >= 0.3 is 0 Å². The molecule has 0 spiro atoms.